The van der Waals surface area contributed by atoms with Gasteiger partial charge < -0.3 is 14.4 Å². The second-order valence-electron chi connectivity index (χ2n) is 5.88. The summed E-state index contributed by atoms with van der Waals surface area (Å²) >= 11 is 0. The Morgan fingerprint density at radius 3 is 2.87 bits per heavy atom. The maximum atomic E-state index is 11.8. The van der Waals surface area contributed by atoms with Gasteiger partial charge in [-0.25, -0.2) is 0 Å². The van der Waals surface area contributed by atoms with Crippen molar-refractivity contribution in [3.63, 3.8) is 0 Å². The normalized spacial score (nSPS) is 20.5. The van der Waals surface area contributed by atoms with Crippen molar-refractivity contribution in [2.24, 2.45) is 5.92 Å². The second-order valence-corrected chi connectivity index (χ2v) is 5.88. The zero-order chi connectivity index (χ0) is 16.5. The summed E-state index contributed by atoms with van der Waals surface area (Å²) in [4.78, 5) is 13.3. The van der Waals surface area contributed by atoms with Crippen LogP contribution in [0.4, 0.5) is 0 Å². The van der Waals surface area contributed by atoms with Crippen molar-refractivity contribution >= 4 is 5.97 Å². The number of carbonyl (C=O) groups is 1. The minimum Gasteiger partial charge on any atom is -0.493 e. The standard InChI is InChI=1S/C18H24N2O3/c1-2-22-18(21)16-5-3-10-20(14-16)11-4-12-23-17-8-6-15(13-19)7-9-17/h6-9,16H,2-5,10-12,14H2,1H3/p+1/t16-/m1/s1. The van der Waals surface area contributed by atoms with Crippen LogP contribution in [0, 0.1) is 17.2 Å². The Hall–Kier alpha value is -2.06. The van der Waals surface area contributed by atoms with Gasteiger partial charge in [-0.2, -0.15) is 5.26 Å². The predicted octanol–water partition coefficient (Wildman–Crippen LogP) is 1.19. The molecule has 0 bridgehead atoms. The van der Waals surface area contributed by atoms with Gasteiger partial charge >= 0.3 is 5.97 Å². The van der Waals surface area contributed by atoms with Crippen molar-refractivity contribution in [1.82, 2.24) is 0 Å². The molecule has 1 aromatic carbocycles. The van der Waals surface area contributed by atoms with Crippen LogP contribution >= 0.6 is 0 Å². The molecule has 0 aromatic heterocycles. The quantitative estimate of drug-likeness (QED) is 0.606. The van der Waals surface area contributed by atoms with Gasteiger partial charge in [-0.15, -0.1) is 0 Å². The highest BCUT2D eigenvalue weighted by atomic mass is 16.5. The Kier molecular flexibility index (Phi) is 6.89. The topological polar surface area (TPSA) is 63.8 Å². The highest BCUT2D eigenvalue weighted by molar-refractivity contribution is 5.72. The van der Waals surface area contributed by atoms with E-state index in [9.17, 15) is 4.79 Å². The lowest BCUT2D eigenvalue weighted by Crippen LogP contribution is -3.13. The average Bonchev–Trinajstić information content (AvgIpc) is 2.60. The highest BCUT2D eigenvalue weighted by Crippen LogP contribution is 2.12. The van der Waals surface area contributed by atoms with Crippen LogP contribution in [-0.2, 0) is 9.53 Å². The molecule has 5 heteroatoms. The third-order valence-corrected chi connectivity index (χ3v) is 4.16. The van der Waals surface area contributed by atoms with Crippen LogP contribution in [0.15, 0.2) is 24.3 Å². The van der Waals surface area contributed by atoms with Gasteiger partial charge in [0.25, 0.3) is 0 Å². The zero-order valence-electron chi connectivity index (χ0n) is 13.7. The maximum absolute atomic E-state index is 11.8. The van der Waals surface area contributed by atoms with Crippen LogP contribution in [0.2, 0.25) is 0 Å². The van der Waals surface area contributed by atoms with E-state index < -0.39 is 0 Å². The van der Waals surface area contributed by atoms with Crippen LogP contribution < -0.4 is 9.64 Å². The number of nitrogens with zero attached hydrogens (tertiary/aromatic N) is 1. The summed E-state index contributed by atoms with van der Waals surface area (Å²) in [5, 5.41) is 8.75. The number of nitrogens with one attached hydrogen (secondary N) is 1. The van der Waals surface area contributed by atoms with Crippen LogP contribution in [-0.4, -0.2) is 38.8 Å². The lowest BCUT2D eigenvalue weighted by atomic mass is 9.98. The smallest absolute Gasteiger partial charge is 0.314 e. The van der Waals surface area contributed by atoms with Crippen LogP contribution in [0.1, 0.15) is 31.7 Å². The Bertz CT molecular complexity index is 536. The van der Waals surface area contributed by atoms with Crippen molar-refractivity contribution in [3.05, 3.63) is 29.8 Å². The molecule has 0 aliphatic carbocycles. The zero-order valence-corrected chi connectivity index (χ0v) is 13.7. The predicted molar refractivity (Wildman–Crippen MR) is 86.2 cm³/mol. The van der Waals surface area contributed by atoms with E-state index in [0.29, 0.717) is 18.8 Å². The van der Waals surface area contributed by atoms with Gasteiger partial charge in [-0.05, 0) is 44.0 Å². The maximum Gasteiger partial charge on any atom is 0.314 e. The number of nitriles is 1. The van der Waals surface area contributed by atoms with E-state index >= 15 is 0 Å². The molecule has 1 aromatic rings. The second kappa shape index (κ2) is 9.16. The van der Waals surface area contributed by atoms with Crippen molar-refractivity contribution in [3.8, 4) is 11.8 Å². The summed E-state index contributed by atoms with van der Waals surface area (Å²) in [6, 6.07) is 9.25. The Morgan fingerprint density at radius 2 is 2.17 bits per heavy atom. The minimum atomic E-state index is -0.0430. The van der Waals surface area contributed by atoms with E-state index in [0.717, 1.165) is 44.6 Å². The van der Waals surface area contributed by atoms with Gasteiger partial charge in [-0.3, -0.25) is 4.79 Å². The Labute approximate surface area is 137 Å². The SMILES string of the molecule is CCOC(=O)[C@@H]1CCC[NH+](CCCOc2ccc(C#N)cc2)C1. The monoisotopic (exact) mass is 317 g/mol. The van der Waals surface area contributed by atoms with Crippen molar-refractivity contribution in [2.75, 3.05) is 32.8 Å². The van der Waals surface area contributed by atoms with Crippen molar-refractivity contribution < 1.29 is 19.2 Å². The number of rotatable bonds is 7. The molecule has 23 heavy (non-hydrogen) atoms. The molecule has 0 saturated carbocycles. The number of carbonyl (C=O) groups excluding carboxylic acids is 1. The Balaban J connectivity index is 1.67. The molecule has 1 heterocycles. The molecule has 0 radical (unpaired) electrons. The summed E-state index contributed by atoms with van der Waals surface area (Å²) in [6.45, 7) is 5.96. The van der Waals surface area contributed by atoms with Crippen molar-refractivity contribution in [1.29, 1.82) is 5.26 Å². The van der Waals surface area contributed by atoms with Crippen LogP contribution in [0.5, 0.6) is 5.75 Å². The fourth-order valence-corrected chi connectivity index (χ4v) is 2.98. The van der Waals surface area contributed by atoms with E-state index in [1.165, 1.54) is 4.90 Å². The molecule has 1 unspecified atom stereocenters. The minimum absolute atomic E-state index is 0.0430. The summed E-state index contributed by atoms with van der Waals surface area (Å²) in [5.41, 5.74) is 0.639. The van der Waals surface area contributed by atoms with Crippen molar-refractivity contribution in [2.45, 2.75) is 26.2 Å². The number of hydrogen-bond acceptors (Lipinski definition) is 4. The molecule has 2 rings (SSSR count). The first kappa shape index (κ1) is 17.3. The summed E-state index contributed by atoms with van der Waals surface area (Å²) < 4.78 is 10.8. The lowest BCUT2D eigenvalue weighted by molar-refractivity contribution is -0.907. The van der Waals surface area contributed by atoms with E-state index in [1.807, 2.05) is 19.1 Å². The number of piperidine rings is 1. The van der Waals surface area contributed by atoms with E-state index in [2.05, 4.69) is 6.07 Å². The van der Waals surface area contributed by atoms with E-state index in [1.54, 1.807) is 12.1 Å². The van der Waals surface area contributed by atoms with Gasteiger partial charge in [0, 0.05) is 6.42 Å². The summed E-state index contributed by atoms with van der Waals surface area (Å²) in [7, 11) is 0. The average molecular weight is 317 g/mol. The molecule has 1 N–H and O–H groups in total. The van der Waals surface area contributed by atoms with Gasteiger partial charge in [0.15, 0.2) is 0 Å². The van der Waals surface area contributed by atoms with Gasteiger partial charge in [-0.1, -0.05) is 0 Å². The fourth-order valence-electron chi connectivity index (χ4n) is 2.98. The first-order valence-electron chi connectivity index (χ1n) is 8.36. The molecular weight excluding hydrogens is 292 g/mol. The molecule has 5 nitrogen and oxygen atoms in total. The Morgan fingerprint density at radius 1 is 1.39 bits per heavy atom. The molecule has 1 fully saturated rings. The summed E-state index contributed by atoms with van der Waals surface area (Å²) in [5.74, 6) is 0.804. The molecule has 124 valence electrons. The number of hydrogen-bond donors (Lipinski definition) is 1. The third-order valence-electron chi connectivity index (χ3n) is 4.16. The third kappa shape index (κ3) is 5.57. The molecule has 2 atom stereocenters. The number of quaternary nitrogens is 1. The highest BCUT2D eigenvalue weighted by Gasteiger charge is 2.29. The number of likely N-dealkylation sites (tertiary alicyclic amines) is 1. The molecule has 1 aliphatic heterocycles. The van der Waals surface area contributed by atoms with E-state index in [4.69, 9.17) is 14.7 Å². The van der Waals surface area contributed by atoms with Crippen LogP contribution in [0.3, 0.4) is 0 Å². The fraction of sp³-hybridized carbons (Fsp3) is 0.556. The molecule has 0 amide bonds. The molecular formula is C18H25N2O3+. The number of esters is 1. The van der Waals surface area contributed by atoms with Gasteiger partial charge in [0.2, 0.25) is 0 Å². The lowest BCUT2D eigenvalue weighted by Gasteiger charge is -2.28. The molecule has 1 saturated heterocycles. The largest absolute Gasteiger partial charge is 0.493 e. The van der Waals surface area contributed by atoms with E-state index in [-0.39, 0.29) is 11.9 Å². The summed E-state index contributed by atoms with van der Waals surface area (Å²) in [6.07, 6.45) is 2.98. The number of benzene rings is 1. The van der Waals surface area contributed by atoms with Crippen LogP contribution in [0.25, 0.3) is 0 Å². The molecule has 0 spiro atoms. The number of ether oxygens (including phenoxy) is 2. The first-order valence-corrected chi connectivity index (χ1v) is 8.36. The van der Waals surface area contributed by atoms with Gasteiger partial charge in [0.05, 0.1) is 44.5 Å². The molecule has 1 aliphatic rings. The van der Waals surface area contributed by atoms with Gasteiger partial charge in [0.1, 0.15) is 11.7 Å². The first-order chi connectivity index (χ1) is 11.2.